The molecule has 2 fully saturated rings. The largest absolute Gasteiger partial charge is 0.491 e. The molecule has 2 aliphatic heterocycles. The van der Waals surface area contributed by atoms with Gasteiger partial charge in [0, 0.05) is 25.9 Å². The van der Waals surface area contributed by atoms with Crippen LogP contribution in [-0.2, 0) is 4.74 Å². The molecule has 8 heteroatoms. The van der Waals surface area contributed by atoms with Crippen molar-refractivity contribution in [3.63, 3.8) is 0 Å². The summed E-state index contributed by atoms with van der Waals surface area (Å²) in [7, 11) is 0. The lowest BCUT2D eigenvalue weighted by Gasteiger charge is -2.37. The molecule has 26 heavy (non-hydrogen) atoms. The summed E-state index contributed by atoms with van der Waals surface area (Å²) in [4.78, 5) is 25.4. The van der Waals surface area contributed by atoms with Gasteiger partial charge in [0.2, 0.25) is 0 Å². The number of piperidine rings is 1. The highest BCUT2D eigenvalue weighted by Gasteiger charge is 2.43. The van der Waals surface area contributed by atoms with Gasteiger partial charge in [0.1, 0.15) is 5.60 Å². The minimum absolute atomic E-state index is 0.204. The lowest BCUT2D eigenvalue weighted by Crippen LogP contribution is -2.51. The number of hydrogen-bond donors (Lipinski definition) is 2. The van der Waals surface area contributed by atoms with Crippen molar-refractivity contribution in [1.29, 1.82) is 0 Å². The van der Waals surface area contributed by atoms with E-state index in [1.807, 2.05) is 0 Å². The van der Waals surface area contributed by atoms with E-state index in [2.05, 4.69) is 10.6 Å². The lowest BCUT2D eigenvalue weighted by atomic mass is 9.92. The Hall–Kier alpha value is -2.51. The molecule has 1 atom stereocenters. The van der Waals surface area contributed by atoms with E-state index < -0.39 is 17.5 Å². The van der Waals surface area contributed by atoms with Crippen LogP contribution >= 0.6 is 0 Å². The molecule has 2 aliphatic rings. The maximum absolute atomic E-state index is 14.0. The number of urea groups is 1. The van der Waals surface area contributed by atoms with Gasteiger partial charge in [-0.15, -0.1) is 0 Å². The number of alkyl carbamates (subject to hydrolysis) is 1. The highest BCUT2D eigenvalue weighted by molar-refractivity contribution is 5.75. The van der Waals surface area contributed by atoms with Crippen LogP contribution in [0, 0.1) is 5.82 Å². The number of ether oxygens (including phenoxy) is 2. The summed E-state index contributed by atoms with van der Waals surface area (Å²) in [6.45, 7) is 5.49. The van der Waals surface area contributed by atoms with Crippen LogP contribution in [0.2, 0.25) is 0 Å². The molecule has 3 amide bonds. The molecule has 1 aromatic rings. The van der Waals surface area contributed by atoms with Crippen LogP contribution in [0.15, 0.2) is 18.2 Å². The van der Waals surface area contributed by atoms with Crippen molar-refractivity contribution in [2.75, 3.05) is 26.2 Å². The molecule has 7 nitrogen and oxygen atoms in total. The van der Waals surface area contributed by atoms with Crippen molar-refractivity contribution in [2.45, 2.75) is 38.3 Å². The summed E-state index contributed by atoms with van der Waals surface area (Å²) >= 11 is 0. The van der Waals surface area contributed by atoms with Crippen molar-refractivity contribution in [3.05, 3.63) is 29.6 Å². The van der Waals surface area contributed by atoms with Gasteiger partial charge in [-0.2, -0.15) is 0 Å². The maximum atomic E-state index is 14.0. The molecular formula is C18H24FN3O4. The van der Waals surface area contributed by atoms with Gasteiger partial charge in [-0.1, -0.05) is 6.07 Å². The molecule has 0 bridgehead atoms. The van der Waals surface area contributed by atoms with Gasteiger partial charge in [-0.3, -0.25) is 0 Å². The fourth-order valence-corrected chi connectivity index (χ4v) is 3.32. The van der Waals surface area contributed by atoms with Crippen LogP contribution in [0.4, 0.5) is 14.0 Å². The van der Waals surface area contributed by atoms with E-state index in [-0.39, 0.29) is 17.8 Å². The van der Waals surface area contributed by atoms with Gasteiger partial charge in [-0.25, -0.2) is 14.0 Å². The molecule has 2 heterocycles. The number of hydrogen-bond acceptors (Lipinski definition) is 4. The van der Waals surface area contributed by atoms with E-state index in [4.69, 9.17) is 9.47 Å². The van der Waals surface area contributed by atoms with E-state index in [0.717, 1.165) is 0 Å². The molecule has 2 saturated heterocycles. The minimum atomic E-state index is -0.488. The highest BCUT2D eigenvalue weighted by Crippen LogP contribution is 2.29. The Morgan fingerprint density at radius 1 is 1.46 bits per heavy atom. The van der Waals surface area contributed by atoms with Crippen molar-refractivity contribution in [3.8, 4) is 5.75 Å². The minimum Gasteiger partial charge on any atom is -0.491 e. The van der Waals surface area contributed by atoms with E-state index in [9.17, 15) is 14.0 Å². The van der Waals surface area contributed by atoms with Crippen molar-refractivity contribution in [1.82, 2.24) is 15.5 Å². The Bertz CT molecular complexity index is 689. The van der Waals surface area contributed by atoms with Gasteiger partial charge >= 0.3 is 12.1 Å². The summed E-state index contributed by atoms with van der Waals surface area (Å²) in [5, 5.41) is 5.56. The van der Waals surface area contributed by atoms with Gasteiger partial charge < -0.3 is 25.0 Å². The Morgan fingerprint density at radius 2 is 2.19 bits per heavy atom. The number of likely N-dealkylation sites (tertiary alicyclic amines) is 1. The SMILES string of the molecule is CCOc1ccc([C@H](C)NC(=O)N2CCC3(CC2)CNC(=O)O3)cc1F. The number of nitrogens with one attached hydrogen (secondary N) is 2. The predicted molar refractivity (Wildman–Crippen MR) is 92.5 cm³/mol. The third-order valence-electron chi connectivity index (χ3n) is 4.92. The molecule has 0 aromatic heterocycles. The van der Waals surface area contributed by atoms with Crippen LogP contribution in [0.25, 0.3) is 0 Å². The Balaban J connectivity index is 1.55. The van der Waals surface area contributed by atoms with Crippen molar-refractivity contribution < 1.29 is 23.5 Å². The summed E-state index contributed by atoms with van der Waals surface area (Å²) in [6.07, 6.45) is 0.810. The van der Waals surface area contributed by atoms with Gasteiger partial charge in [0.05, 0.1) is 19.2 Å². The first-order valence-electron chi connectivity index (χ1n) is 8.87. The average Bonchev–Trinajstić information content (AvgIpc) is 2.97. The first-order valence-corrected chi connectivity index (χ1v) is 8.87. The first kappa shape index (κ1) is 18.3. The Morgan fingerprint density at radius 3 is 2.77 bits per heavy atom. The molecule has 1 spiro atoms. The molecule has 0 saturated carbocycles. The summed E-state index contributed by atoms with van der Waals surface area (Å²) in [5.41, 5.74) is 0.180. The fraction of sp³-hybridized carbons (Fsp3) is 0.556. The molecule has 0 radical (unpaired) electrons. The number of rotatable bonds is 4. The number of carbonyl (C=O) groups excluding carboxylic acids is 2. The van der Waals surface area contributed by atoms with Crippen LogP contribution < -0.4 is 15.4 Å². The smallest absolute Gasteiger partial charge is 0.407 e. The number of benzene rings is 1. The van der Waals surface area contributed by atoms with Gasteiger partial charge in [0.25, 0.3) is 0 Å². The Labute approximate surface area is 151 Å². The molecule has 0 aliphatic carbocycles. The number of nitrogens with zero attached hydrogens (tertiary/aromatic N) is 1. The molecule has 142 valence electrons. The second-order valence-electron chi connectivity index (χ2n) is 6.71. The topological polar surface area (TPSA) is 79.9 Å². The first-order chi connectivity index (χ1) is 12.4. The second kappa shape index (κ2) is 7.39. The average molecular weight is 365 g/mol. The standard InChI is InChI=1S/C18H24FN3O4/c1-3-25-15-5-4-13(10-14(15)19)12(2)21-16(23)22-8-6-18(7-9-22)11-20-17(24)26-18/h4-5,10,12H,3,6-9,11H2,1-2H3,(H,20,24)(H,21,23)/t12-/m0/s1. The van der Waals surface area contributed by atoms with E-state index >= 15 is 0 Å². The van der Waals surface area contributed by atoms with Crippen molar-refractivity contribution >= 4 is 12.1 Å². The molecule has 0 unspecified atom stereocenters. The Kier molecular flexibility index (Phi) is 5.20. The number of halogens is 1. The molecule has 2 N–H and O–H groups in total. The monoisotopic (exact) mass is 365 g/mol. The maximum Gasteiger partial charge on any atom is 0.407 e. The molecular weight excluding hydrogens is 341 g/mol. The third-order valence-corrected chi connectivity index (χ3v) is 4.92. The molecule has 3 rings (SSSR count). The zero-order chi connectivity index (χ0) is 18.7. The summed E-state index contributed by atoms with van der Waals surface area (Å²) < 4.78 is 24.5. The van der Waals surface area contributed by atoms with E-state index in [1.54, 1.807) is 30.9 Å². The predicted octanol–water partition coefficient (Wildman–Crippen LogP) is 2.57. The van der Waals surface area contributed by atoms with Gasteiger partial charge in [0.15, 0.2) is 11.6 Å². The zero-order valence-electron chi connectivity index (χ0n) is 15.0. The lowest BCUT2D eigenvalue weighted by molar-refractivity contribution is 0.00958. The normalized spacial score (nSPS) is 19.7. The molecule has 1 aromatic carbocycles. The quantitative estimate of drug-likeness (QED) is 0.859. The summed E-state index contributed by atoms with van der Waals surface area (Å²) in [6, 6.07) is 4.15. The van der Waals surface area contributed by atoms with Crippen LogP contribution in [-0.4, -0.2) is 48.9 Å². The second-order valence-corrected chi connectivity index (χ2v) is 6.71. The fourth-order valence-electron chi connectivity index (χ4n) is 3.32. The number of amides is 3. The van der Waals surface area contributed by atoms with E-state index in [1.165, 1.54) is 6.07 Å². The van der Waals surface area contributed by atoms with Crippen molar-refractivity contribution in [2.24, 2.45) is 0 Å². The van der Waals surface area contributed by atoms with Crippen LogP contribution in [0.1, 0.15) is 38.3 Å². The van der Waals surface area contributed by atoms with Crippen LogP contribution in [0.3, 0.4) is 0 Å². The van der Waals surface area contributed by atoms with Gasteiger partial charge in [-0.05, 0) is 31.5 Å². The zero-order valence-corrected chi connectivity index (χ0v) is 15.0. The third kappa shape index (κ3) is 3.84. The van der Waals surface area contributed by atoms with E-state index in [0.29, 0.717) is 44.6 Å². The summed E-state index contributed by atoms with van der Waals surface area (Å²) in [5.74, 6) is -0.239. The van der Waals surface area contributed by atoms with Crippen LogP contribution in [0.5, 0.6) is 5.75 Å². The highest BCUT2D eigenvalue weighted by atomic mass is 19.1. The number of carbonyl (C=O) groups is 2.